The van der Waals surface area contributed by atoms with Gasteiger partial charge in [0.2, 0.25) is 0 Å². The van der Waals surface area contributed by atoms with Gasteiger partial charge in [-0.15, -0.1) is 0 Å². The molecule has 0 saturated heterocycles. The maximum absolute atomic E-state index is 11.2. The van der Waals surface area contributed by atoms with Crippen molar-refractivity contribution in [3.05, 3.63) is 65.7 Å². The number of hydrogen-bond acceptors (Lipinski definition) is 4. The Kier molecular flexibility index (Phi) is 4.93. The van der Waals surface area contributed by atoms with Crippen LogP contribution in [0.15, 0.2) is 59.8 Å². The third-order valence-corrected chi connectivity index (χ3v) is 2.76. The van der Waals surface area contributed by atoms with E-state index in [-0.39, 0.29) is 5.71 Å². The van der Waals surface area contributed by atoms with Gasteiger partial charge in [-0.2, -0.15) is 0 Å². The average molecular weight is 285 g/mol. The Balaban J connectivity index is 2.24. The molecule has 2 rings (SSSR count). The van der Waals surface area contributed by atoms with Gasteiger partial charge in [-0.3, -0.25) is 0 Å². The van der Waals surface area contributed by atoms with Gasteiger partial charge in [0.1, 0.15) is 19.5 Å². The van der Waals surface area contributed by atoms with Gasteiger partial charge >= 0.3 is 5.97 Å². The summed E-state index contributed by atoms with van der Waals surface area (Å²) in [6, 6.07) is 16.5. The average Bonchev–Trinajstić information content (AvgIpc) is 2.52. The van der Waals surface area contributed by atoms with Crippen LogP contribution in [0.4, 0.5) is 0 Å². The van der Waals surface area contributed by atoms with Crippen LogP contribution in [0.3, 0.4) is 0 Å². The molecule has 0 spiro atoms. The smallest absolute Gasteiger partial charge is 0.358 e. The molecular formula is C16H15NO4. The van der Waals surface area contributed by atoms with Gasteiger partial charge < -0.3 is 14.7 Å². The molecule has 2 aromatic rings. The summed E-state index contributed by atoms with van der Waals surface area (Å²) >= 11 is 0. The first-order valence-electron chi connectivity index (χ1n) is 6.33. The molecule has 21 heavy (non-hydrogen) atoms. The standard InChI is InChI=1S/C16H15NO4/c1-20-17-15(16(18)19)13-9-5-6-10-14(13)21-11-12-7-3-2-4-8-12/h2-10H,11H2,1H3,(H,18,19). The Morgan fingerprint density at radius 2 is 1.76 bits per heavy atom. The summed E-state index contributed by atoms with van der Waals surface area (Å²) in [5, 5.41) is 12.7. The fourth-order valence-corrected chi connectivity index (χ4v) is 1.82. The number of hydrogen-bond donors (Lipinski definition) is 1. The second-order valence-corrected chi connectivity index (χ2v) is 4.20. The predicted octanol–water partition coefficient (Wildman–Crippen LogP) is 2.70. The number of carbonyl (C=O) groups is 1. The summed E-state index contributed by atoms with van der Waals surface area (Å²) in [4.78, 5) is 15.8. The van der Waals surface area contributed by atoms with Crippen LogP contribution in [0.1, 0.15) is 11.1 Å². The highest BCUT2D eigenvalue weighted by Gasteiger charge is 2.18. The van der Waals surface area contributed by atoms with Crippen molar-refractivity contribution in [3.63, 3.8) is 0 Å². The number of benzene rings is 2. The number of oxime groups is 1. The zero-order chi connectivity index (χ0) is 15.1. The quantitative estimate of drug-likeness (QED) is 0.654. The minimum atomic E-state index is -1.17. The lowest BCUT2D eigenvalue weighted by atomic mass is 10.1. The summed E-state index contributed by atoms with van der Waals surface area (Å²) < 4.78 is 5.70. The molecule has 1 N–H and O–H groups in total. The van der Waals surface area contributed by atoms with Crippen LogP contribution in [0.5, 0.6) is 5.75 Å². The van der Waals surface area contributed by atoms with Crippen LogP contribution in [0, 0.1) is 0 Å². The number of carboxylic acids is 1. The molecule has 0 radical (unpaired) electrons. The van der Waals surface area contributed by atoms with Gasteiger partial charge in [0.05, 0.1) is 5.56 Å². The third kappa shape index (κ3) is 3.82. The molecule has 0 unspecified atom stereocenters. The van der Waals surface area contributed by atoms with Crippen LogP contribution in [-0.4, -0.2) is 23.9 Å². The highest BCUT2D eigenvalue weighted by atomic mass is 16.6. The molecule has 5 heteroatoms. The number of ether oxygens (including phenoxy) is 1. The molecule has 0 atom stereocenters. The van der Waals surface area contributed by atoms with E-state index in [4.69, 9.17) is 4.74 Å². The molecular weight excluding hydrogens is 270 g/mol. The highest BCUT2D eigenvalue weighted by molar-refractivity contribution is 6.43. The molecule has 0 aliphatic carbocycles. The highest BCUT2D eigenvalue weighted by Crippen LogP contribution is 2.20. The predicted molar refractivity (Wildman–Crippen MR) is 78.4 cm³/mol. The van der Waals surface area contributed by atoms with E-state index in [9.17, 15) is 9.90 Å². The topological polar surface area (TPSA) is 68.1 Å². The Morgan fingerprint density at radius 3 is 2.43 bits per heavy atom. The van der Waals surface area contributed by atoms with E-state index >= 15 is 0 Å². The number of aliphatic carboxylic acids is 1. The largest absolute Gasteiger partial charge is 0.488 e. The molecule has 0 aromatic heterocycles. The van der Waals surface area contributed by atoms with E-state index in [2.05, 4.69) is 9.99 Å². The number of rotatable bonds is 6. The van der Waals surface area contributed by atoms with E-state index in [0.29, 0.717) is 17.9 Å². The second kappa shape index (κ2) is 7.09. The molecule has 0 aliphatic heterocycles. The fraction of sp³-hybridized carbons (Fsp3) is 0.125. The summed E-state index contributed by atoms with van der Waals surface area (Å²) in [5.41, 5.74) is 1.18. The van der Waals surface area contributed by atoms with Crippen LogP contribution in [0.25, 0.3) is 0 Å². The maximum atomic E-state index is 11.2. The molecule has 2 aromatic carbocycles. The lowest BCUT2D eigenvalue weighted by Gasteiger charge is -2.11. The Hall–Kier alpha value is -2.82. The lowest BCUT2D eigenvalue weighted by Crippen LogP contribution is -2.16. The molecule has 5 nitrogen and oxygen atoms in total. The zero-order valence-corrected chi connectivity index (χ0v) is 11.5. The van der Waals surface area contributed by atoms with Crippen molar-refractivity contribution in [2.24, 2.45) is 5.16 Å². The van der Waals surface area contributed by atoms with Crippen LogP contribution < -0.4 is 4.74 Å². The van der Waals surface area contributed by atoms with Gasteiger partial charge in [-0.25, -0.2) is 4.79 Å². The van der Waals surface area contributed by atoms with Crippen molar-refractivity contribution in [1.29, 1.82) is 0 Å². The summed E-state index contributed by atoms with van der Waals surface area (Å²) in [6.45, 7) is 0.345. The molecule has 0 saturated carbocycles. The first kappa shape index (κ1) is 14.6. The van der Waals surface area contributed by atoms with Crippen LogP contribution in [-0.2, 0) is 16.2 Å². The Bertz CT molecular complexity index is 638. The molecule has 0 heterocycles. The van der Waals surface area contributed by atoms with Gasteiger partial charge in [0, 0.05) is 0 Å². The van der Waals surface area contributed by atoms with Crippen molar-refractivity contribution in [1.82, 2.24) is 0 Å². The van der Waals surface area contributed by atoms with Crippen molar-refractivity contribution >= 4 is 11.7 Å². The number of carboxylic acid groups (broad SMARTS) is 1. The minimum Gasteiger partial charge on any atom is -0.488 e. The van der Waals surface area contributed by atoms with Gasteiger partial charge in [0.25, 0.3) is 0 Å². The molecule has 0 amide bonds. The van der Waals surface area contributed by atoms with Gasteiger partial charge in [-0.1, -0.05) is 47.6 Å². The monoisotopic (exact) mass is 285 g/mol. The van der Waals surface area contributed by atoms with Crippen molar-refractivity contribution in [3.8, 4) is 5.75 Å². The number of para-hydroxylation sites is 1. The number of nitrogens with zero attached hydrogens (tertiary/aromatic N) is 1. The van der Waals surface area contributed by atoms with E-state index in [1.54, 1.807) is 24.3 Å². The fourth-order valence-electron chi connectivity index (χ4n) is 1.82. The Labute approximate surface area is 122 Å². The van der Waals surface area contributed by atoms with Crippen LogP contribution in [0.2, 0.25) is 0 Å². The maximum Gasteiger partial charge on any atom is 0.358 e. The van der Waals surface area contributed by atoms with Crippen molar-refractivity contribution in [2.45, 2.75) is 6.61 Å². The first-order chi connectivity index (χ1) is 10.2. The molecule has 108 valence electrons. The van der Waals surface area contributed by atoms with Gasteiger partial charge in [-0.05, 0) is 17.7 Å². The van der Waals surface area contributed by atoms with Crippen molar-refractivity contribution < 1.29 is 19.5 Å². The minimum absolute atomic E-state index is 0.193. The van der Waals surface area contributed by atoms with Crippen LogP contribution >= 0.6 is 0 Å². The normalized spacial score (nSPS) is 11.0. The van der Waals surface area contributed by atoms with E-state index in [1.807, 2.05) is 30.3 Å². The summed E-state index contributed by atoms with van der Waals surface area (Å²) in [6.07, 6.45) is 0. The SMILES string of the molecule is CON=C(C(=O)O)c1ccccc1OCc1ccccc1. The third-order valence-electron chi connectivity index (χ3n) is 2.76. The lowest BCUT2D eigenvalue weighted by molar-refractivity contribution is -0.129. The summed E-state index contributed by atoms with van der Waals surface area (Å²) in [7, 11) is 1.30. The van der Waals surface area contributed by atoms with Crippen molar-refractivity contribution in [2.75, 3.05) is 7.11 Å². The van der Waals surface area contributed by atoms with E-state index in [0.717, 1.165) is 5.56 Å². The molecule has 0 bridgehead atoms. The van der Waals surface area contributed by atoms with E-state index in [1.165, 1.54) is 7.11 Å². The first-order valence-corrected chi connectivity index (χ1v) is 6.33. The summed E-state index contributed by atoms with van der Waals surface area (Å²) in [5.74, 6) is -0.729. The molecule has 0 aliphatic rings. The molecule has 0 fully saturated rings. The van der Waals surface area contributed by atoms with Gasteiger partial charge in [0.15, 0.2) is 5.71 Å². The zero-order valence-electron chi connectivity index (χ0n) is 11.5. The Morgan fingerprint density at radius 1 is 1.10 bits per heavy atom. The second-order valence-electron chi connectivity index (χ2n) is 4.20. The van der Waals surface area contributed by atoms with E-state index < -0.39 is 5.97 Å².